The Morgan fingerprint density at radius 3 is 2.16 bits per heavy atom. The highest BCUT2D eigenvalue weighted by Crippen LogP contribution is 2.22. The molecule has 5 nitrogen and oxygen atoms in total. The van der Waals surface area contributed by atoms with Gasteiger partial charge < -0.3 is 18.7 Å². The predicted molar refractivity (Wildman–Crippen MR) is 127 cm³/mol. The van der Waals surface area contributed by atoms with Crippen molar-refractivity contribution >= 4 is 0 Å². The molecule has 1 N–H and O–H groups in total. The quantitative estimate of drug-likeness (QED) is 0.342. The fourth-order valence-electron chi connectivity index (χ4n) is 3.88. The zero-order valence-corrected chi connectivity index (χ0v) is 19.5. The van der Waals surface area contributed by atoms with Crippen LogP contribution in [0.1, 0.15) is 61.8 Å². The fourth-order valence-corrected chi connectivity index (χ4v) is 3.88. The summed E-state index contributed by atoms with van der Waals surface area (Å²) in [7, 11) is 4.30. The van der Waals surface area contributed by atoms with Crippen LogP contribution in [0.2, 0.25) is 0 Å². The molecule has 0 bridgehead atoms. The molecule has 1 aliphatic carbocycles. The molecule has 32 heavy (non-hydrogen) atoms. The molecule has 1 saturated carbocycles. The summed E-state index contributed by atoms with van der Waals surface area (Å²) in [5.41, 5.74) is 0.776. The second kappa shape index (κ2) is 12.4. The summed E-state index contributed by atoms with van der Waals surface area (Å²) in [5.74, 6) is 2.01. The largest absolute Gasteiger partial charge is 0.493 e. The van der Waals surface area contributed by atoms with Gasteiger partial charge in [-0.2, -0.15) is 0 Å². The first-order valence-corrected chi connectivity index (χ1v) is 11.7. The molecule has 0 unspecified atom stereocenters. The van der Waals surface area contributed by atoms with Crippen molar-refractivity contribution in [1.29, 1.82) is 0 Å². The average molecular weight is 438 g/mol. The molecule has 1 fully saturated rings. The normalized spacial score (nSPS) is 14.5. The number of aromatic nitrogens is 1. The van der Waals surface area contributed by atoms with E-state index in [0.29, 0.717) is 19.0 Å². The van der Waals surface area contributed by atoms with Crippen molar-refractivity contribution < 1.29 is 18.7 Å². The van der Waals surface area contributed by atoms with Crippen LogP contribution >= 0.6 is 0 Å². The van der Waals surface area contributed by atoms with Gasteiger partial charge in [0.05, 0.1) is 33.4 Å². The Morgan fingerprint density at radius 2 is 1.53 bits per heavy atom. The van der Waals surface area contributed by atoms with E-state index in [-0.39, 0.29) is 0 Å². The maximum atomic E-state index is 10.4. The van der Waals surface area contributed by atoms with Gasteiger partial charge in [-0.1, -0.05) is 80.6 Å². The minimum Gasteiger partial charge on any atom is -0.493 e. The first kappa shape index (κ1) is 24.0. The van der Waals surface area contributed by atoms with E-state index in [1.807, 2.05) is 60.7 Å². The van der Waals surface area contributed by atoms with Crippen molar-refractivity contribution in [2.45, 2.75) is 51.2 Å². The summed E-state index contributed by atoms with van der Waals surface area (Å²) in [6.45, 7) is 2.34. The number of ether oxygens (including phenoxy) is 1. The van der Waals surface area contributed by atoms with Gasteiger partial charge in [0.1, 0.15) is 12.3 Å². The van der Waals surface area contributed by atoms with E-state index in [9.17, 15) is 5.11 Å². The van der Waals surface area contributed by atoms with Crippen molar-refractivity contribution in [3.8, 4) is 5.75 Å². The van der Waals surface area contributed by atoms with E-state index < -0.39 is 6.10 Å². The number of nitrogens with zero attached hydrogens (tertiary/aromatic N) is 2. The topological polar surface area (TPSA) is 55.5 Å². The monoisotopic (exact) mass is 437 g/mol. The minimum atomic E-state index is -0.838. The molecule has 1 aromatic heterocycles. The Labute approximate surface area is 192 Å². The number of quaternary nitrogens is 1. The number of hydrogen-bond donors (Lipinski definition) is 1. The Bertz CT molecular complexity index is 882. The molecule has 0 spiro atoms. The van der Waals surface area contributed by atoms with Crippen LogP contribution in [0.25, 0.3) is 0 Å². The Morgan fingerprint density at radius 1 is 0.938 bits per heavy atom. The molecule has 5 heteroatoms. The molecule has 0 amide bonds. The highest BCUT2D eigenvalue weighted by molar-refractivity contribution is 5.22. The van der Waals surface area contributed by atoms with Gasteiger partial charge in [0.25, 0.3) is 0 Å². The minimum absolute atomic E-state index is 0.337. The number of aliphatic hydroxyl groups excluding tert-OH is 1. The van der Waals surface area contributed by atoms with Gasteiger partial charge in [-0.15, -0.1) is 0 Å². The number of hydrogen-bond acceptors (Lipinski definition) is 4. The zero-order chi connectivity index (χ0) is 22.7. The van der Waals surface area contributed by atoms with Crippen LogP contribution in [0.3, 0.4) is 0 Å². The molecule has 1 aliphatic rings. The van der Waals surface area contributed by atoms with Crippen molar-refractivity contribution in [1.82, 2.24) is 4.98 Å². The van der Waals surface area contributed by atoms with Crippen LogP contribution in [0.5, 0.6) is 5.75 Å². The molecule has 0 aliphatic heterocycles. The standard InChI is InChI=1S/C22H27N2O3.C5H10/c1-24(2,14-9-15-26-19-12-7-4-8-13-19)17-20-16-23-22(27-20)21(25)18-10-5-3-6-11-18;1-2-4-5-3-1/h3-8,10-13,16,21,25H,9,14-15,17H2,1-2H3;1-5H2/q+1;/t21-;/m0./s1. The number of rotatable bonds is 9. The van der Waals surface area contributed by atoms with Crippen LogP contribution in [0, 0.1) is 0 Å². The first-order valence-electron chi connectivity index (χ1n) is 11.7. The van der Waals surface area contributed by atoms with E-state index in [1.54, 1.807) is 6.20 Å². The zero-order valence-electron chi connectivity index (χ0n) is 19.5. The predicted octanol–water partition coefficient (Wildman–Crippen LogP) is 5.75. The van der Waals surface area contributed by atoms with E-state index in [1.165, 1.54) is 32.1 Å². The van der Waals surface area contributed by atoms with Gasteiger partial charge in [-0.05, 0) is 17.7 Å². The summed E-state index contributed by atoms with van der Waals surface area (Å²) < 4.78 is 12.3. The Kier molecular flexibility index (Phi) is 9.32. The van der Waals surface area contributed by atoms with Gasteiger partial charge in [0, 0.05) is 6.42 Å². The van der Waals surface area contributed by atoms with Crippen molar-refractivity contribution in [2.75, 3.05) is 27.2 Å². The van der Waals surface area contributed by atoms with Crippen LogP contribution in [-0.4, -0.2) is 41.8 Å². The summed E-state index contributed by atoms with van der Waals surface area (Å²) in [6.07, 6.45) is 9.31. The van der Waals surface area contributed by atoms with Gasteiger partial charge in [0.15, 0.2) is 11.9 Å². The van der Waals surface area contributed by atoms with Crippen LogP contribution < -0.4 is 4.74 Å². The van der Waals surface area contributed by atoms with E-state index >= 15 is 0 Å². The molecule has 1 atom stereocenters. The van der Waals surface area contributed by atoms with Crippen molar-refractivity contribution in [3.05, 3.63) is 84.1 Å². The molecule has 3 aromatic rings. The lowest BCUT2D eigenvalue weighted by Crippen LogP contribution is -2.40. The number of benzene rings is 2. The van der Waals surface area contributed by atoms with Gasteiger partial charge in [-0.25, -0.2) is 4.98 Å². The highest BCUT2D eigenvalue weighted by Gasteiger charge is 2.21. The molecular formula is C27H37N2O3+. The maximum Gasteiger partial charge on any atom is 0.228 e. The summed E-state index contributed by atoms with van der Waals surface area (Å²) in [4.78, 5) is 4.26. The molecule has 0 saturated heterocycles. The fraction of sp³-hybridized carbons (Fsp3) is 0.444. The Hall–Kier alpha value is -2.63. The third kappa shape index (κ3) is 8.13. The van der Waals surface area contributed by atoms with Crippen molar-refractivity contribution in [2.24, 2.45) is 0 Å². The third-order valence-electron chi connectivity index (χ3n) is 5.67. The second-order valence-electron chi connectivity index (χ2n) is 9.08. The molecule has 172 valence electrons. The van der Waals surface area contributed by atoms with E-state index in [0.717, 1.165) is 34.5 Å². The molecule has 1 heterocycles. The lowest BCUT2D eigenvalue weighted by atomic mass is 10.1. The van der Waals surface area contributed by atoms with Gasteiger partial charge in [-0.3, -0.25) is 0 Å². The van der Waals surface area contributed by atoms with Crippen molar-refractivity contribution in [3.63, 3.8) is 0 Å². The number of para-hydroxylation sites is 1. The summed E-state index contributed by atoms with van der Waals surface area (Å²) >= 11 is 0. The van der Waals surface area contributed by atoms with Crippen LogP contribution in [0.4, 0.5) is 0 Å². The molecular weight excluding hydrogens is 400 g/mol. The number of oxazole rings is 1. The third-order valence-corrected chi connectivity index (χ3v) is 5.67. The second-order valence-corrected chi connectivity index (χ2v) is 9.08. The SMILES string of the molecule is C1CCCC1.C[N+](C)(CCCOc1ccccc1)Cc1cnc([C@@H](O)c2ccccc2)o1. The smallest absolute Gasteiger partial charge is 0.228 e. The van der Waals surface area contributed by atoms with Crippen LogP contribution in [-0.2, 0) is 6.54 Å². The van der Waals surface area contributed by atoms with Gasteiger partial charge >= 0.3 is 0 Å². The molecule has 4 rings (SSSR count). The van der Waals surface area contributed by atoms with E-state index in [2.05, 4.69) is 19.1 Å². The van der Waals surface area contributed by atoms with Gasteiger partial charge in [0.2, 0.25) is 5.89 Å². The maximum absolute atomic E-state index is 10.4. The molecule has 0 radical (unpaired) electrons. The first-order chi connectivity index (χ1) is 15.5. The number of aliphatic hydroxyl groups is 1. The Balaban J connectivity index is 0.000000509. The lowest BCUT2D eigenvalue weighted by molar-refractivity contribution is -0.904. The summed E-state index contributed by atoms with van der Waals surface area (Å²) in [6, 6.07) is 19.3. The summed E-state index contributed by atoms with van der Waals surface area (Å²) in [5, 5.41) is 10.4. The average Bonchev–Trinajstić information content (AvgIpc) is 3.53. The highest BCUT2D eigenvalue weighted by atomic mass is 16.5. The lowest BCUT2D eigenvalue weighted by Gasteiger charge is -2.28. The van der Waals surface area contributed by atoms with Crippen LogP contribution in [0.15, 0.2) is 71.3 Å². The van der Waals surface area contributed by atoms with E-state index in [4.69, 9.17) is 9.15 Å². The molecule has 2 aromatic carbocycles.